The Kier molecular flexibility index (Phi) is 4.25. The molecule has 0 aliphatic carbocycles. The molecular formula is C12H17N5O. The Balaban J connectivity index is 1.74. The van der Waals surface area contributed by atoms with Gasteiger partial charge in [0.2, 0.25) is 5.88 Å². The molecule has 2 N–H and O–H groups in total. The molecule has 2 aromatic rings. The normalized spacial score (nSPS) is 10.6. The fourth-order valence-electron chi connectivity index (χ4n) is 1.56. The third-order valence-electron chi connectivity index (χ3n) is 2.48. The third-order valence-corrected chi connectivity index (χ3v) is 2.48. The Morgan fingerprint density at radius 3 is 3.00 bits per heavy atom. The molecule has 2 heterocycles. The first-order valence-corrected chi connectivity index (χ1v) is 5.90. The van der Waals surface area contributed by atoms with Gasteiger partial charge in [-0.25, -0.2) is 9.97 Å². The molecule has 0 saturated heterocycles. The van der Waals surface area contributed by atoms with Crippen LogP contribution in [0.2, 0.25) is 0 Å². The van der Waals surface area contributed by atoms with Crippen molar-refractivity contribution in [2.45, 2.75) is 19.4 Å². The van der Waals surface area contributed by atoms with E-state index in [0.29, 0.717) is 19.0 Å². The second kappa shape index (κ2) is 6.11. The second-order valence-corrected chi connectivity index (χ2v) is 3.99. The molecule has 0 saturated carbocycles. The van der Waals surface area contributed by atoms with E-state index in [1.165, 1.54) is 0 Å². The van der Waals surface area contributed by atoms with E-state index in [4.69, 9.17) is 10.5 Å². The number of aromatic nitrogens is 4. The van der Waals surface area contributed by atoms with Gasteiger partial charge in [-0.1, -0.05) is 0 Å². The monoisotopic (exact) mass is 247 g/mol. The van der Waals surface area contributed by atoms with E-state index in [0.717, 1.165) is 24.2 Å². The number of ether oxygens (including phenoxy) is 1. The van der Waals surface area contributed by atoms with Crippen LogP contribution >= 0.6 is 0 Å². The lowest BCUT2D eigenvalue weighted by atomic mass is 10.3. The van der Waals surface area contributed by atoms with Crippen LogP contribution in [0.4, 0.5) is 0 Å². The number of hydrogen-bond donors (Lipinski definition) is 1. The van der Waals surface area contributed by atoms with Crippen LogP contribution in [0, 0.1) is 0 Å². The molecule has 0 bridgehead atoms. The first-order chi connectivity index (χ1) is 8.78. The predicted octanol–water partition coefficient (Wildman–Crippen LogP) is 0.680. The van der Waals surface area contributed by atoms with Gasteiger partial charge in [0, 0.05) is 32.3 Å². The lowest BCUT2D eigenvalue weighted by molar-refractivity contribution is 0.298. The molecule has 18 heavy (non-hydrogen) atoms. The number of hydrogen-bond acceptors (Lipinski definition) is 5. The molecule has 0 radical (unpaired) electrons. The number of rotatable bonds is 6. The Labute approximate surface area is 106 Å². The quantitative estimate of drug-likeness (QED) is 0.759. The van der Waals surface area contributed by atoms with Gasteiger partial charge in [0.1, 0.15) is 6.33 Å². The molecule has 6 heteroatoms. The zero-order valence-corrected chi connectivity index (χ0v) is 10.4. The summed E-state index contributed by atoms with van der Waals surface area (Å²) in [6, 6.07) is 3.74. The molecule has 2 rings (SSSR count). The van der Waals surface area contributed by atoms with E-state index >= 15 is 0 Å². The van der Waals surface area contributed by atoms with E-state index in [9.17, 15) is 0 Å². The summed E-state index contributed by atoms with van der Waals surface area (Å²) >= 11 is 0. The lowest BCUT2D eigenvalue weighted by Crippen LogP contribution is -2.03. The van der Waals surface area contributed by atoms with Gasteiger partial charge in [-0.15, -0.1) is 0 Å². The van der Waals surface area contributed by atoms with Crippen molar-refractivity contribution in [3.05, 3.63) is 36.0 Å². The van der Waals surface area contributed by atoms with Gasteiger partial charge < -0.3 is 10.5 Å². The average molecular weight is 247 g/mol. The highest BCUT2D eigenvalue weighted by atomic mass is 16.5. The van der Waals surface area contributed by atoms with Crippen LogP contribution in [0.5, 0.6) is 5.88 Å². The smallest absolute Gasteiger partial charge is 0.213 e. The van der Waals surface area contributed by atoms with Crippen LogP contribution < -0.4 is 10.5 Å². The van der Waals surface area contributed by atoms with Crippen molar-refractivity contribution in [2.75, 3.05) is 6.61 Å². The van der Waals surface area contributed by atoms with Crippen molar-refractivity contribution in [3.63, 3.8) is 0 Å². The Morgan fingerprint density at radius 2 is 2.28 bits per heavy atom. The summed E-state index contributed by atoms with van der Waals surface area (Å²) in [6.45, 7) is 1.09. The summed E-state index contributed by atoms with van der Waals surface area (Å²) in [5.41, 5.74) is 6.57. The van der Waals surface area contributed by atoms with E-state index in [-0.39, 0.29) is 0 Å². The van der Waals surface area contributed by atoms with Gasteiger partial charge in [0.05, 0.1) is 6.61 Å². The van der Waals surface area contributed by atoms with Gasteiger partial charge >= 0.3 is 0 Å². The molecule has 6 nitrogen and oxygen atoms in total. The Bertz CT molecular complexity index is 497. The summed E-state index contributed by atoms with van der Waals surface area (Å²) in [5, 5.41) is 4.20. The minimum atomic E-state index is 0.497. The van der Waals surface area contributed by atoms with Crippen molar-refractivity contribution in [1.82, 2.24) is 19.7 Å². The number of pyridine rings is 1. The topological polar surface area (TPSA) is 78.9 Å². The molecule has 0 aliphatic heterocycles. The minimum absolute atomic E-state index is 0.497. The number of nitrogens with zero attached hydrogens (tertiary/aromatic N) is 4. The van der Waals surface area contributed by atoms with E-state index in [1.54, 1.807) is 17.2 Å². The van der Waals surface area contributed by atoms with Crippen LogP contribution in [0.1, 0.15) is 17.8 Å². The molecule has 96 valence electrons. The maximum atomic E-state index is 5.55. The maximum Gasteiger partial charge on any atom is 0.213 e. The van der Waals surface area contributed by atoms with Crippen molar-refractivity contribution in [2.24, 2.45) is 12.8 Å². The van der Waals surface area contributed by atoms with Gasteiger partial charge in [0.25, 0.3) is 0 Å². The first kappa shape index (κ1) is 12.5. The van der Waals surface area contributed by atoms with Crippen molar-refractivity contribution in [1.29, 1.82) is 0 Å². The number of aryl methyl sites for hydroxylation is 2. The molecule has 0 aromatic carbocycles. The summed E-state index contributed by atoms with van der Waals surface area (Å²) in [7, 11) is 1.86. The highest BCUT2D eigenvalue weighted by Gasteiger charge is 2.00. The molecule has 0 unspecified atom stereocenters. The zero-order chi connectivity index (χ0) is 12.8. The van der Waals surface area contributed by atoms with Crippen LogP contribution in [0.25, 0.3) is 0 Å². The number of nitrogens with two attached hydrogens (primary N) is 1. The van der Waals surface area contributed by atoms with Crippen molar-refractivity contribution in [3.8, 4) is 5.88 Å². The van der Waals surface area contributed by atoms with Crippen LogP contribution in [0.15, 0.2) is 24.7 Å². The highest BCUT2D eigenvalue weighted by molar-refractivity contribution is 5.19. The molecule has 0 amide bonds. The van der Waals surface area contributed by atoms with Crippen LogP contribution in [-0.2, 0) is 20.0 Å². The lowest BCUT2D eigenvalue weighted by Gasteiger charge is -2.05. The average Bonchev–Trinajstić information content (AvgIpc) is 2.81. The molecule has 0 aliphatic rings. The van der Waals surface area contributed by atoms with Gasteiger partial charge in [0.15, 0.2) is 5.82 Å². The standard InChI is InChI=1S/C12H17N5O/c1-17-9-15-11(16-17)3-2-6-18-12-7-10(8-13)4-5-14-12/h4-5,7,9H,2-3,6,8,13H2,1H3. The van der Waals surface area contributed by atoms with Gasteiger partial charge in [-0.05, 0) is 18.1 Å². The fourth-order valence-corrected chi connectivity index (χ4v) is 1.56. The van der Waals surface area contributed by atoms with E-state index < -0.39 is 0 Å². The molecule has 0 spiro atoms. The Hall–Kier alpha value is -1.95. The summed E-state index contributed by atoms with van der Waals surface area (Å²) in [5.74, 6) is 1.46. The summed E-state index contributed by atoms with van der Waals surface area (Å²) in [6.07, 6.45) is 5.07. The maximum absolute atomic E-state index is 5.55. The zero-order valence-electron chi connectivity index (χ0n) is 10.4. The summed E-state index contributed by atoms with van der Waals surface area (Å²) < 4.78 is 7.24. The van der Waals surface area contributed by atoms with Gasteiger partial charge in [-0.3, -0.25) is 4.68 Å². The Morgan fingerprint density at radius 1 is 1.39 bits per heavy atom. The molecule has 0 fully saturated rings. The van der Waals surface area contributed by atoms with Crippen molar-refractivity contribution >= 4 is 0 Å². The SMILES string of the molecule is Cn1cnc(CCCOc2cc(CN)ccn2)n1. The third kappa shape index (κ3) is 3.53. The predicted molar refractivity (Wildman–Crippen MR) is 66.9 cm³/mol. The van der Waals surface area contributed by atoms with Crippen LogP contribution in [-0.4, -0.2) is 26.4 Å². The minimum Gasteiger partial charge on any atom is -0.478 e. The van der Waals surface area contributed by atoms with E-state index in [2.05, 4.69) is 15.1 Å². The fraction of sp³-hybridized carbons (Fsp3) is 0.417. The highest BCUT2D eigenvalue weighted by Crippen LogP contribution is 2.09. The first-order valence-electron chi connectivity index (χ1n) is 5.90. The van der Waals surface area contributed by atoms with Gasteiger partial charge in [-0.2, -0.15) is 5.10 Å². The second-order valence-electron chi connectivity index (χ2n) is 3.99. The molecule has 2 aromatic heterocycles. The molecule has 0 atom stereocenters. The van der Waals surface area contributed by atoms with Crippen molar-refractivity contribution < 1.29 is 4.74 Å². The summed E-state index contributed by atoms with van der Waals surface area (Å²) in [4.78, 5) is 8.27. The van der Waals surface area contributed by atoms with Crippen LogP contribution in [0.3, 0.4) is 0 Å². The van der Waals surface area contributed by atoms with E-state index in [1.807, 2.05) is 19.2 Å². The largest absolute Gasteiger partial charge is 0.478 e. The molecular weight excluding hydrogens is 230 g/mol.